The highest BCUT2D eigenvalue weighted by atomic mass is 16.2. The molecule has 1 aliphatic rings. The molecule has 0 spiro atoms. The first-order valence-electron chi connectivity index (χ1n) is 9.50. The zero-order valence-corrected chi connectivity index (χ0v) is 16.1. The monoisotopic (exact) mass is 394 g/mol. The van der Waals surface area contributed by atoms with Crippen LogP contribution in [0.25, 0.3) is 0 Å². The summed E-state index contributed by atoms with van der Waals surface area (Å²) < 4.78 is 0. The maximum absolute atomic E-state index is 12.5. The smallest absolute Gasteiger partial charge is 0.261 e. The Morgan fingerprint density at radius 1 is 0.833 bits per heavy atom. The van der Waals surface area contributed by atoms with Gasteiger partial charge in [0.05, 0.1) is 24.2 Å². The Bertz CT molecular complexity index is 1150. The zero-order valence-electron chi connectivity index (χ0n) is 16.1. The summed E-state index contributed by atoms with van der Waals surface area (Å²) in [6, 6.07) is 23.2. The third-order valence-corrected chi connectivity index (χ3v) is 4.75. The van der Waals surface area contributed by atoms with E-state index >= 15 is 0 Å². The number of carbonyl (C=O) groups excluding carboxylic acids is 3. The lowest BCUT2D eigenvalue weighted by atomic mass is 10.1. The van der Waals surface area contributed by atoms with E-state index in [1.54, 1.807) is 48.5 Å². The van der Waals surface area contributed by atoms with Crippen molar-refractivity contribution in [2.75, 3.05) is 6.54 Å². The number of imide groups is 1. The summed E-state index contributed by atoms with van der Waals surface area (Å²) >= 11 is 0. The molecule has 1 aliphatic heterocycles. The highest BCUT2D eigenvalue weighted by Gasteiger charge is 2.34. The molecular formula is C25H18N2O3. The molecule has 0 bridgehead atoms. The molecule has 3 aromatic rings. The van der Waals surface area contributed by atoms with Crippen molar-refractivity contribution in [2.24, 2.45) is 0 Å². The maximum Gasteiger partial charge on any atom is 0.261 e. The molecule has 0 saturated heterocycles. The fourth-order valence-corrected chi connectivity index (χ4v) is 3.27. The number of rotatable bonds is 4. The topological polar surface area (TPSA) is 66.5 Å². The Labute approximate surface area is 174 Å². The van der Waals surface area contributed by atoms with Gasteiger partial charge in [0.2, 0.25) is 0 Å². The lowest BCUT2D eigenvalue weighted by Crippen LogP contribution is -2.29. The summed E-state index contributed by atoms with van der Waals surface area (Å²) in [5.74, 6) is 5.00. The van der Waals surface area contributed by atoms with E-state index in [1.807, 2.05) is 30.3 Å². The van der Waals surface area contributed by atoms with Crippen LogP contribution < -0.4 is 5.32 Å². The van der Waals surface area contributed by atoms with Crippen LogP contribution in [0.3, 0.4) is 0 Å². The minimum absolute atomic E-state index is 0.112. The summed E-state index contributed by atoms with van der Waals surface area (Å²) in [6.45, 7) is 0.331. The van der Waals surface area contributed by atoms with Crippen molar-refractivity contribution in [2.45, 2.75) is 6.54 Å². The van der Waals surface area contributed by atoms with Crippen LogP contribution in [0, 0.1) is 11.8 Å². The van der Waals surface area contributed by atoms with Crippen molar-refractivity contribution in [1.82, 2.24) is 10.2 Å². The molecular weight excluding hydrogens is 376 g/mol. The van der Waals surface area contributed by atoms with E-state index < -0.39 is 0 Å². The number of amides is 3. The first kappa shape index (κ1) is 19.2. The molecule has 0 atom stereocenters. The van der Waals surface area contributed by atoms with Gasteiger partial charge in [-0.25, -0.2) is 0 Å². The molecule has 0 saturated carbocycles. The second-order valence-electron chi connectivity index (χ2n) is 6.79. The number of benzene rings is 3. The minimum atomic E-state index is -0.318. The minimum Gasteiger partial charge on any atom is -0.341 e. The largest absolute Gasteiger partial charge is 0.341 e. The van der Waals surface area contributed by atoms with Gasteiger partial charge < -0.3 is 5.32 Å². The average Bonchev–Trinajstić information content (AvgIpc) is 3.02. The van der Waals surface area contributed by atoms with Gasteiger partial charge in [-0.1, -0.05) is 54.3 Å². The maximum atomic E-state index is 12.5. The quantitative estimate of drug-likeness (QED) is 0.546. The van der Waals surface area contributed by atoms with Gasteiger partial charge in [0.15, 0.2) is 0 Å². The van der Waals surface area contributed by atoms with E-state index in [-0.39, 0.29) is 30.8 Å². The fraction of sp³-hybridized carbons (Fsp3) is 0.0800. The highest BCUT2D eigenvalue weighted by Crippen LogP contribution is 2.24. The summed E-state index contributed by atoms with van der Waals surface area (Å²) in [5.41, 5.74) is 2.86. The molecule has 0 aromatic heterocycles. The van der Waals surface area contributed by atoms with E-state index in [4.69, 9.17) is 0 Å². The van der Waals surface area contributed by atoms with Crippen LogP contribution in [0.4, 0.5) is 0 Å². The fourth-order valence-electron chi connectivity index (χ4n) is 3.27. The average molecular weight is 394 g/mol. The SMILES string of the molecule is O=C(NCC#Cc1ccccc1)c1cccc(CN2C(=O)c3ccccc3C2=O)c1. The molecule has 4 rings (SSSR count). The van der Waals surface area contributed by atoms with Gasteiger partial charge in [0.25, 0.3) is 17.7 Å². The number of carbonyl (C=O) groups is 3. The first-order chi connectivity index (χ1) is 14.6. The third kappa shape index (κ3) is 3.98. The predicted octanol–water partition coefficient (Wildman–Crippen LogP) is 3.26. The van der Waals surface area contributed by atoms with Crippen molar-refractivity contribution in [3.63, 3.8) is 0 Å². The van der Waals surface area contributed by atoms with Gasteiger partial charge >= 0.3 is 0 Å². The number of nitrogens with one attached hydrogen (secondary N) is 1. The third-order valence-electron chi connectivity index (χ3n) is 4.75. The molecule has 1 N–H and O–H groups in total. The summed E-state index contributed by atoms with van der Waals surface area (Å²) in [5, 5.41) is 2.76. The van der Waals surface area contributed by atoms with E-state index in [1.165, 1.54) is 4.90 Å². The van der Waals surface area contributed by atoms with Crippen LogP contribution in [0.5, 0.6) is 0 Å². The van der Waals surface area contributed by atoms with Crippen LogP contribution in [-0.4, -0.2) is 29.2 Å². The molecule has 0 unspecified atom stereocenters. The van der Waals surface area contributed by atoms with Gasteiger partial charge in [0.1, 0.15) is 0 Å². The molecule has 0 radical (unpaired) electrons. The van der Waals surface area contributed by atoms with E-state index in [9.17, 15) is 14.4 Å². The molecule has 30 heavy (non-hydrogen) atoms. The molecule has 1 heterocycles. The number of fused-ring (bicyclic) bond motifs is 1. The summed E-state index contributed by atoms with van der Waals surface area (Å²) in [4.78, 5) is 38.7. The Morgan fingerprint density at radius 2 is 1.50 bits per heavy atom. The van der Waals surface area contributed by atoms with Crippen LogP contribution >= 0.6 is 0 Å². The molecule has 0 aliphatic carbocycles. The van der Waals surface area contributed by atoms with Crippen LogP contribution in [0.2, 0.25) is 0 Å². The Balaban J connectivity index is 1.41. The summed E-state index contributed by atoms with van der Waals surface area (Å²) in [6.07, 6.45) is 0. The Kier molecular flexibility index (Phi) is 5.40. The predicted molar refractivity (Wildman–Crippen MR) is 113 cm³/mol. The van der Waals surface area contributed by atoms with Crippen molar-refractivity contribution < 1.29 is 14.4 Å². The van der Waals surface area contributed by atoms with Crippen molar-refractivity contribution in [1.29, 1.82) is 0 Å². The number of nitrogens with zero attached hydrogens (tertiary/aromatic N) is 1. The van der Waals surface area contributed by atoms with Gasteiger partial charge in [-0.15, -0.1) is 0 Å². The molecule has 3 aromatic carbocycles. The first-order valence-corrected chi connectivity index (χ1v) is 9.50. The normalized spacial score (nSPS) is 12.2. The lowest BCUT2D eigenvalue weighted by Gasteiger charge is -2.14. The summed E-state index contributed by atoms with van der Waals surface area (Å²) in [7, 11) is 0. The molecule has 146 valence electrons. The molecule has 0 fully saturated rings. The highest BCUT2D eigenvalue weighted by molar-refractivity contribution is 6.21. The van der Waals surface area contributed by atoms with Gasteiger partial charge in [-0.05, 0) is 42.0 Å². The zero-order chi connectivity index (χ0) is 20.9. The van der Waals surface area contributed by atoms with Gasteiger partial charge in [-0.3, -0.25) is 19.3 Å². The molecule has 3 amide bonds. The van der Waals surface area contributed by atoms with Crippen LogP contribution in [-0.2, 0) is 6.54 Å². The van der Waals surface area contributed by atoms with Crippen LogP contribution in [0.1, 0.15) is 42.2 Å². The molecule has 5 nitrogen and oxygen atoms in total. The number of hydrogen-bond donors (Lipinski definition) is 1. The van der Waals surface area contributed by atoms with Crippen molar-refractivity contribution in [3.05, 3.63) is 107 Å². The Hall–Kier alpha value is -4.17. The molecule has 5 heteroatoms. The van der Waals surface area contributed by atoms with E-state index in [2.05, 4.69) is 17.2 Å². The van der Waals surface area contributed by atoms with E-state index in [0.717, 1.165) is 5.56 Å². The second-order valence-corrected chi connectivity index (χ2v) is 6.79. The van der Waals surface area contributed by atoms with Crippen molar-refractivity contribution >= 4 is 17.7 Å². The van der Waals surface area contributed by atoms with E-state index in [0.29, 0.717) is 22.3 Å². The number of hydrogen-bond acceptors (Lipinski definition) is 3. The van der Waals surface area contributed by atoms with Gasteiger partial charge in [0, 0.05) is 11.1 Å². The standard InChI is InChI=1S/C25H18N2O3/c28-23(26-15-7-11-18-8-2-1-3-9-18)20-12-6-10-19(16-20)17-27-24(29)21-13-4-5-14-22(21)25(27)30/h1-6,8-10,12-14,16H,15,17H2,(H,26,28). The second kappa shape index (κ2) is 8.46. The van der Waals surface area contributed by atoms with Crippen molar-refractivity contribution in [3.8, 4) is 11.8 Å². The van der Waals surface area contributed by atoms with Crippen LogP contribution in [0.15, 0.2) is 78.9 Å². The van der Waals surface area contributed by atoms with Gasteiger partial charge in [-0.2, -0.15) is 0 Å². The lowest BCUT2D eigenvalue weighted by molar-refractivity contribution is 0.0642. The Morgan fingerprint density at radius 3 is 2.20 bits per heavy atom.